The van der Waals surface area contributed by atoms with Crippen molar-refractivity contribution < 1.29 is 0 Å². The molecule has 0 unspecified atom stereocenters. The molecule has 0 N–H and O–H groups in total. The summed E-state index contributed by atoms with van der Waals surface area (Å²) in [4.78, 5) is 8.06. The average molecular weight is 637 g/mol. The molecule has 0 amide bonds. The van der Waals surface area contributed by atoms with E-state index in [1.54, 1.807) is 0 Å². The summed E-state index contributed by atoms with van der Waals surface area (Å²) in [6, 6.07) is 55.4. The molecule has 0 aliphatic heterocycles. The highest BCUT2D eigenvalue weighted by Crippen LogP contribution is 2.45. The smallest absolute Gasteiger partial charge is 0.151 e. The van der Waals surface area contributed by atoms with Crippen LogP contribution < -0.4 is 0 Å². The first-order valence-electron chi connectivity index (χ1n) is 17.2. The second kappa shape index (κ2) is 12.4. The predicted octanol–water partition coefficient (Wildman–Crippen LogP) is 12.6. The van der Waals surface area contributed by atoms with Crippen molar-refractivity contribution in [1.82, 2.24) is 9.55 Å². The van der Waals surface area contributed by atoms with Crippen molar-refractivity contribution in [2.45, 2.75) is 38.1 Å². The van der Waals surface area contributed by atoms with Gasteiger partial charge >= 0.3 is 0 Å². The van der Waals surface area contributed by atoms with Gasteiger partial charge in [0, 0.05) is 27.3 Å². The summed E-state index contributed by atoms with van der Waals surface area (Å²) in [7, 11) is 0. The fourth-order valence-corrected chi connectivity index (χ4v) is 8.93. The minimum atomic E-state index is 0.433. The van der Waals surface area contributed by atoms with Gasteiger partial charge in [0.15, 0.2) is 5.82 Å². The van der Waals surface area contributed by atoms with Crippen molar-refractivity contribution in [3.05, 3.63) is 173 Å². The van der Waals surface area contributed by atoms with Crippen LogP contribution in [0.3, 0.4) is 0 Å². The number of benzene rings is 6. The van der Waals surface area contributed by atoms with Crippen LogP contribution in [0.2, 0.25) is 0 Å². The van der Waals surface area contributed by atoms with Crippen LogP contribution in [0.25, 0.3) is 54.4 Å². The topological polar surface area (TPSA) is 17.8 Å². The van der Waals surface area contributed by atoms with E-state index in [-0.39, 0.29) is 0 Å². The summed E-state index contributed by atoms with van der Waals surface area (Å²) < 4.78 is 2.64. The van der Waals surface area contributed by atoms with Crippen LogP contribution in [0.15, 0.2) is 152 Å². The number of hydrogen-bond acceptors (Lipinski definition) is 2. The molecule has 48 heavy (non-hydrogen) atoms. The van der Waals surface area contributed by atoms with Crippen LogP contribution in [0.1, 0.15) is 59.7 Å². The molecule has 1 aliphatic rings. The van der Waals surface area contributed by atoms with Crippen LogP contribution >= 0.6 is 11.3 Å². The highest BCUT2D eigenvalue weighted by Gasteiger charge is 2.27. The molecule has 3 heteroatoms. The van der Waals surface area contributed by atoms with Gasteiger partial charge in [0.1, 0.15) is 0 Å². The normalized spacial score (nSPS) is 13.8. The Balaban J connectivity index is 1.33. The minimum Gasteiger partial charge on any atom is -0.320 e. The maximum absolute atomic E-state index is 5.60. The SMILES string of the molecule is c1ccc(C(=C(c2ccccc2)c2ccc(-c3nc4c5ccccc5c5ccccc5c4n3C3CCCCC3)s2)c2ccccc2)cc1. The van der Waals surface area contributed by atoms with E-state index >= 15 is 0 Å². The number of imidazole rings is 1. The zero-order chi connectivity index (χ0) is 31.9. The zero-order valence-corrected chi connectivity index (χ0v) is 27.7. The van der Waals surface area contributed by atoms with Gasteiger partial charge < -0.3 is 4.57 Å². The van der Waals surface area contributed by atoms with Gasteiger partial charge in [-0.2, -0.15) is 0 Å². The number of rotatable bonds is 6. The zero-order valence-electron chi connectivity index (χ0n) is 26.8. The van der Waals surface area contributed by atoms with E-state index in [0.717, 1.165) is 11.3 Å². The summed E-state index contributed by atoms with van der Waals surface area (Å²) in [5.74, 6) is 1.10. The Morgan fingerprint density at radius 1 is 0.500 bits per heavy atom. The molecule has 1 fully saturated rings. The van der Waals surface area contributed by atoms with E-state index in [1.807, 2.05) is 11.3 Å². The van der Waals surface area contributed by atoms with E-state index in [9.17, 15) is 0 Å². The van der Waals surface area contributed by atoms with Crippen molar-refractivity contribution in [2.24, 2.45) is 0 Å². The minimum absolute atomic E-state index is 0.433. The highest BCUT2D eigenvalue weighted by atomic mass is 32.1. The number of hydrogen-bond donors (Lipinski definition) is 0. The van der Waals surface area contributed by atoms with Gasteiger partial charge in [0.05, 0.1) is 15.9 Å². The quantitative estimate of drug-likeness (QED) is 0.131. The van der Waals surface area contributed by atoms with Crippen LogP contribution in [0.4, 0.5) is 0 Å². The maximum atomic E-state index is 5.60. The molecule has 1 saturated carbocycles. The third-order valence-electron chi connectivity index (χ3n) is 10.0. The van der Waals surface area contributed by atoms with E-state index in [2.05, 4.69) is 156 Å². The van der Waals surface area contributed by atoms with Gasteiger partial charge in [-0.1, -0.05) is 159 Å². The molecule has 232 valence electrons. The Bertz CT molecular complexity index is 2370. The van der Waals surface area contributed by atoms with Crippen LogP contribution in [0, 0.1) is 0 Å². The summed E-state index contributed by atoms with van der Waals surface area (Å²) in [5, 5.41) is 5.12. The van der Waals surface area contributed by atoms with Crippen molar-refractivity contribution in [1.29, 1.82) is 0 Å². The first-order chi connectivity index (χ1) is 23.8. The van der Waals surface area contributed by atoms with Crippen LogP contribution in [-0.4, -0.2) is 9.55 Å². The lowest BCUT2D eigenvalue weighted by atomic mass is 9.89. The van der Waals surface area contributed by atoms with Gasteiger partial charge in [-0.3, -0.25) is 0 Å². The van der Waals surface area contributed by atoms with Gasteiger partial charge in [-0.25, -0.2) is 4.98 Å². The largest absolute Gasteiger partial charge is 0.320 e. The van der Waals surface area contributed by atoms with Crippen molar-refractivity contribution in [3.8, 4) is 10.7 Å². The van der Waals surface area contributed by atoms with Crippen molar-refractivity contribution >= 4 is 55.1 Å². The average Bonchev–Trinajstić information content (AvgIpc) is 3.81. The Kier molecular flexibility index (Phi) is 7.48. The molecule has 2 heterocycles. The molecule has 0 spiro atoms. The molecule has 9 rings (SSSR count). The second-order valence-electron chi connectivity index (χ2n) is 12.9. The Morgan fingerprint density at radius 3 is 1.60 bits per heavy atom. The number of fused-ring (bicyclic) bond motifs is 6. The Labute approximate surface area is 285 Å². The summed E-state index contributed by atoms with van der Waals surface area (Å²) in [6.45, 7) is 0. The number of aromatic nitrogens is 2. The fraction of sp³-hybridized carbons (Fsp3) is 0.133. The molecular formula is C45H36N2S. The lowest BCUT2D eigenvalue weighted by molar-refractivity contribution is 0.362. The predicted molar refractivity (Wildman–Crippen MR) is 205 cm³/mol. The van der Waals surface area contributed by atoms with Crippen LogP contribution in [0.5, 0.6) is 0 Å². The van der Waals surface area contributed by atoms with Gasteiger partial charge in [0.2, 0.25) is 0 Å². The summed E-state index contributed by atoms with van der Waals surface area (Å²) >= 11 is 1.87. The molecule has 1 aliphatic carbocycles. The first-order valence-corrected chi connectivity index (χ1v) is 18.0. The van der Waals surface area contributed by atoms with Gasteiger partial charge in [-0.05, 0) is 58.0 Å². The fourth-order valence-electron chi connectivity index (χ4n) is 7.87. The third kappa shape index (κ3) is 4.98. The second-order valence-corrected chi connectivity index (χ2v) is 14.0. The maximum Gasteiger partial charge on any atom is 0.151 e. The summed E-state index contributed by atoms with van der Waals surface area (Å²) in [5.41, 5.74) is 8.54. The molecule has 8 aromatic rings. The standard InChI is InChI=1S/C45H36N2S/c1-5-17-31(18-6-1)41(32-19-7-2-8-20-32)42(33-21-9-3-10-22-33)39-29-30-40(48-39)45-46-43-37-27-15-13-25-35(37)36-26-14-16-28-38(36)44(43)47(45)34-23-11-4-12-24-34/h1-3,5-10,13-22,25-30,34H,4,11-12,23-24H2. The Morgan fingerprint density at radius 2 is 1.00 bits per heavy atom. The molecule has 2 aromatic heterocycles. The lowest BCUT2D eigenvalue weighted by Crippen LogP contribution is -2.13. The van der Waals surface area contributed by atoms with E-state index in [1.165, 1.54) is 96.8 Å². The first kappa shape index (κ1) is 28.9. The van der Waals surface area contributed by atoms with Crippen LogP contribution in [-0.2, 0) is 0 Å². The van der Waals surface area contributed by atoms with E-state index in [0.29, 0.717) is 6.04 Å². The summed E-state index contributed by atoms with van der Waals surface area (Å²) in [6.07, 6.45) is 6.24. The molecular weight excluding hydrogens is 601 g/mol. The molecule has 2 nitrogen and oxygen atoms in total. The monoisotopic (exact) mass is 636 g/mol. The van der Waals surface area contributed by atoms with Crippen molar-refractivity contribution in [3.63, 3.8) is 0 Å². The molecule has 0 saturated heterocycles. The highest BCUT2D eigenvalue weighted by molar-refractivity contribution is 7.16. The third-order valence-corrected chi connectivity index (χ3v) is 11.1. The van der Waals surface area contributed by atoms with Gasteiger partial charge in [0.25, 0.3) is 0 Å². The lowest BCUT2D eigenvalue weighted by Gasteiger charge is -2.26. The number of nitrogens with zero attached hydrogens (tertiary/aromatic N) is 2. The molecule has 0 atom stereocenters. The van der Waals surface area contributed by atoms with Gasteiger partial charge in [-0.15, -0.1) is 11.3 Å². The molecule has 0 bridgehead atoms. The molecule has 6 aromatic carbocycles. The van der Waals surface area contributed by atoms with E-state index in [4.69, 9.17) is 4.98 Å². The molecule has 0 radical (unpaired) electrons. The van der Waals surface area contributed by atoms with E-state index < -0.39 is 0 Å². The number of thiophene rings is 1. The van der Waals surface area contributed by atoms with Crippen molar-refractivity contribution in [2.75, 3.05) is 0 Å². The Hall–Kier alpha value is -5.25.